The maximum Gasteiger partial charge on any atom is 0.259 e. The van der Waals surface area contributed by atoms with Crippen molar-refractivity contribution in [1.82, 2.24) is 0 Å². The summed E-state index contributed by atoms with van der Waals surface area (Å²) >= 11 is 5.62. The first kappa shape index (κ1) is 22.6. The van der Waals surface area contributed by atoms with Crippen LogP contribution >= 0.6 is 12.2 Å². The lowest BCUT2D eigenvalue weighted by Crippen LogP contribution is -2.55. The number of aryl methyl sites for hydroxylation is 1. The van der Waals surface area contributed by atoms with Crippen LogP contribution < -0.4 is 14.5 Å². The number of halogens is 2. The summed E-state index contributed by atoms with van der Waals surface area (Å²) in [5, 5.41) is 8.75. The van der Waals surface area contributed by atoms with Crippen LogP contribution in [0.5, 0.6) is 5.75 Å². The number of hydrogen-bond donors (Lipinski definition) is 0. The number of unbranched alkanes of at least 4 members (excludes halogenated alkanes) is 1. The summed E-state index contributed by atoms with van der Waals surface area (Å²) in [7, 11) is 1.25. The minimum Gasteiger partial charge on any atom is -0.505 e. The summed E-state index contributed by atoms with van der Waals surface area (Å²) < 4.78 is 35.2. The number of nitrogens with zero attached hydrogens (tertiary/aromatic N) is 4. The highest BCUT2D eigenvalue weighted by Gasteiger charge is 2.60. The molecule has 1 aliphatic carbocycles. The zero-order valence-corrected chi connectivity index (χ0v) is 18.7. The largest absolute Gasteiger partial charge is 0.505 e. The van der Waals surface area contributed by atoms with E-state index in [1.54, 1.807) is 17.0 Å². The van der Waals surface area contributed by atoms with Crippen molar-refractivity contribution in [2.45, 2.75) is 44.1 Å². The summed E-state index contributed by atoms with van der Waals surface area (Å²) in [6.07, 6.45) is 3.12. The van der Waals surface area contributed by atoms with Crippen molar-refractivity contribution in [2.24, 2.45) is 0 Å². The molecule has 168 valence electrons. The van der Waals surface area contributed by atoms with Crippen molar-refractivity contribution in [2.75, 3.05) is 16.9 Å². The molecule has 0 radical (unpaired) electrons. The summed E-state index contributed by atoms with van der Waals surface area (Å²) in [5.41, 5.74) is -0.209. The van der Waals surface area contributed by atoms with Gasteiger partial charge in [0.1, 0.15) is 11.4 Å². The third kappa shape index (κ3) is 3.49. The second-order valence-electron chi connectivity index (χ2n) is 7.99. The Hall–Kier alpha value is -3.56. The highest BCUT2D eigenvalue weighted by molar-refractivity contribution is 7.81. The number of benzene rings is 2. The van der Waals surface area contributed by atoms with Crippen LogP contribution in [0.4, 0.5) is 25.8 Å². The van der Waals surface area contributed by atoms with Gasteiger partial charge in [0.15, 0.2) is 16.7 Å². The van der Waals surface area contributed by atoms with Gasteiger partial charge in [0, 0.05) is 12.1 Å². The molecule has 9 heteroatoms. The molecule has 1 aliphatic heterocycles. The second kappa shape index (κ2) is 8.76. The molecule has 33 heavy (non-hydrogen) atoms. The van der Waals surface area contributed by atoms with E-state index in [4.69, 9.17) is 28.8 Å². The smallest absolute Gasteiger partial charge is 0.259 e. The van der Waals surface area contributed by atoms with Gasteiger partial charge in [0.05, 0.1) is 25.4 Å². The topological polar surface area (TPSA) is 60.9 Å². The van der Waals surface area contributed by atoms with Crippen LogP contribution in [0.25, 0.3) is 4.85 Å². The van der Waals surface area contributed by atoms with Gasteiger partial charge in [-0.2, -0.15) is 5.26 Å². The maximum absolute atomic E-state index is 15.3. The lowest BCUT2D eigenvalue weighted by atomic mass is 9.75. The Morgan fingerprint density at radius 2 is 2.06 bits per heavy atom. The molecule has 1 spiro atoms. The average Bonchev–Trinajstić information content (AvgIpc) is 3.01. The van der Waals surface area contributed by atoms with Gasteiger partial charge in [-0.3, -0.25) is 9.69 Å². The van der Waals surface area contributed by atoms with Gasteiger partial charge in [0.2, 0.25) is 5.69 Å². The van der Waals surface area contributed by atoms with E-state index in [2.05, 4.69) is 4.85 Å². The summed E-state index contributed by atoms with van der Waals surface area (Å²) in [6.45, 7) is 7.19. The van der Waals surface area contributed by atoms with Crippen molar-refractivity contribution >= 4 is 40.3 Å². The molecule has 1 saturated heterocycles. The zero-order valence-electron chi connectivity index (χ0n) is 17.9. The predicted octanol–water partition coefficient (Wildman–Crippen LogP) is 5.43. The van der Waals surface area contributed by atoms with Crippen molar-refractivity contribution in [3.63, 3.8) is 0 Å². The van der Waals surface area contributed by atoms with Gasteiger partial charge >= 0.3 is 0 Å². The monoisotopic (exact) mass is 466 g/mol. The molecule has 2 aromatic rings. The number of anilines is 2. The molecular weight excluding hydrogens is 446 g/mol. The molecule has 1 saturated carbocycles. The molecule has 0 bridgehead atoms. The van der Waals surface area contributed by atoms with Gasteiger partial charge < -0.3 is 9.64 Å². The Morgan fingerprint density at radius 3 is 2.64 bits per heavy atom. The third-order valence-corrected chi connectivity index (χ3v) is 6.61. The van der Waals surface area contributed by atoms with E-state index in [1.165, 1.54) is 25.3 Å². The van der Waals surface area contributed by atoms with Gasteiger partial charge in [-0.15, -0.1) is 0 Å². The first-order chi connectivity index (χ1) is 15.9. The Balaban J connectivity index is 1.74. The molecule has 0 unspecified atom stereocenters. The Kier molecular flexibility index (Phi) is 6.01. The average molecular weight is 467 g/mol. The first-order valence-corrected chi connectivity index (χ1v) is 10.9. The molecule has 2 fully saturated rings. The van der Waals surface area contributed by atoms with E-state index >= 15 is 4.39 Å². The summed E-state index contributed by atoms with van der Waals surface area (Å²) in [6, 6.07) is 9.44. The van der Waals surface area contributed by atoms with E-state index < -0.39 is 17.2 Å². The highest BCUT2D eigenvalue weighted by atomic mass is 32.1. The van der Waals surface area contributed by atoms with Crippen molar-refractivity contribution in [3.05, 3.63) is 58.9 Å². The van der Waals surface area contributed by atoms with Crippen molar-refractivity contribution in [3.8, 4) is 11.8 Å². The number of nitriles is 1. The molecule has 0 atom stereocenters. The second-order valence-corrected chi connectivity index (χ2v) is 8.36. The minimum absolute atomic E-state index is 0.0133. The standard InChI is InChI=1S/C24H20F2N4O2S/c1-28-18-9-10-19(20(26)21(18)32-2)29-22(31)24(11-5-12-24)30(23(29)33)16-8-7-15(17(25)14-16)6-3-4-13-27/h7-10,14H,3-6,11-12H2,2H3. The third-order valence-electron chi connectivity index (χ3n) is 6.24. The first-order valence-electron chi connectivity index (χ1n) is 10.5. The normalized spacial score (nSPS) is 16.5. The van der Waals surface area contributed by atoms with Crippen LogP contribution in [0, 0.1) is 29.5 Å². The van der Waals surface area contributed by atoms with Crippen LogP contribution in [0.15, 0.2) is 30.3 Å². The van der Waals surface area contributed by atoms with Gasteiger partial charge in [0.25, 0.3) is 5.91 Å². The lowest BCUT2D eigenvalue weighted by Gasteiger charge is -2.43. The number of rotatable bonds is 6. The van der Waals surface area contributed by atoms with Crippen LogP contribution in [0.1, 0.15) is 37.7 Å². The molecule has 1 amide bonds. The van der Waals surface area contributed by atoms with E-state index in [1.807, 2.05) is 6.07 Å². The number of amides is 1. The van der Waals surface area contributed by atoms with Gasteiger partial charge in [-0.05, 0) is 68.1 Å². The molecule has 1 heterocycles. The van der Waals surface area contributed by atoms with Crippen LogP contribution in [-0.4, -0.2) is 23.7 Å². The molecule has 2 aliphatic rings. The molecule has 4 rings (SSSR count). The van der Waals surface area contributed by atoms with Crippen LogP contribution in [-0.2, 0) is 11.2 Å². The minimum atomic E-state index is -0.996. The van der Waals surface area contributed by atoms with Crippen LogP contribution in [0.3, 0.4) is 0 Å². The number of thiocarbonyl (C=S) groups is 1. The number of ether oxygens (including phenoxy) is 1. The number of carbonyl (C=O) groups is 1. The Bertz CT molecular complexity index is 1230. The van der Waals surface area contributed by atoms with Crippen molar-refractivity contribution in [1.29, 1.82) is 5.26 Å². The molecule has 0 N–H and O–H groups in total. The fourth-order valence-corrected chi connectivity index (χ4v) is 4.88. The highest BCUT2D eigenvalue weighted by Crippen LogP contribution is 2.49. The summed E-state index contributed by atoms with van der Waals surface area (Å²) in [4.78, 5) is 19.5. The molecule has 6 nitrogen and oxygen atoms in total. The molecular formula is C24H20F2N4O2S. The Morgan fingerprint density at radius 1 is 1.30 bits per heavy atom. The number of hydrogen-bond acceptors (Lipinski definition) is 4. The van der Waals surface area contributed by atoms with Crippen LogP contribution in [0.2, 0.25) is 0 Å². The van der Waals surface area contributed by atoms with E-state index in [9.17, 15) is 9.18 Å². The van der Waals surface area contributed by atoms with E-state index in [-0.39, 0.29) is 28.1 Å². The Labute approximate surface area is 195 Å². The van der Waals surface area contributed by atoms with Gasteiger partial charge in [-0.25, -0.2) is 13.6 Å². The van der Waals surface area contributed by atoms with Crippen molar-refractivity contribution < 1.29 is 18.3 Å². The fraction of sp³-hybridized carbons (Fsp3) is 0.333. The zero-order chi connectivity index (χ0) is 23.8. The summed E-state index contributed by atoms with van der Waals surface area (Å²) in [5.74, 6) is -1.93. The number of methoxy groups -OCH3 is 1. The maximum atomic E-state index is 15.3. The number of carbonyl (C=O) groups excluding carboxylic acids is 1. The molecule has 2 aromatic carbocycles. The van der Waals surface area contributed by atoms with E-state index in [0.717, 1.165) is 11.3 Å². The predicted molar refractivity (Wildman–Crippen MR) is 123 cm³/mol. The van der Waals surface area contributed by atoms with Gasteiger partial charge in [-0.1, -0.05) is 12.1 Å². The SMILES string of the molecule is [C-]#[N+]c1ccc(N2C(=O)C3(CCC3)N(c3ccc(CCCC#N)c(F)c3)C2=S)c(F)c1OC. The quantitative estimate of drug-likeness (QED) is 0.323. The lowest BCUT2D eigenvalue weighted by molar-refractivity contribution is -0.123. The fourth-order valence-electron chi connectivity index (χ4n) is 4.42. The van der Waals surface area contributed by atoms with E-state index in [0.29, 0.717) is 43.4 Å². The molecule has 0 aromatic heterocycles.